The maximum Gasteiger partial charge on any atom is 0.330 e. The molecule has 3 heteroatoms. The number of hydrogen-bond acceptors (Lipinski definition) is 3. The number of carbonyl (C=O) groups excluding carboxylic acids is 1. The Kier molecular flexibility index (Phi) is 6.54. The Morgan fingerprint density at radius 2 is 1.43 bits per heavy atom. The summed E-state index contributed by atoms with van der Waals surface area (Å²) in [5, 5.41) is 0. The zero-order chi connectivity index (χ0) is 11.0. The normalized spacial score (nSPS) is 11.4. The smallest absolute Gasteiger partial charge is 0.330 e. The zero-order valence-corrected chi connectivity index (χ0v) is 9.64. The Hall–Kier alpha value is -0.570. The fraction of sp³-hybridized carbons (Fsp3) is 0.909. The standard InChI is InChI=1S/C11H23NO2/c1-4-7-11(8-5-2,9-6-3)10(13)14-12/h4-9,12H2,1-3H3. The summed E-state index contributed by atoms with van der Waals surface area (Å²) in [7, 11) is 0. The van der Waals surface area contributed by atoms with Crippen LogP contribution in [0, 0.1) is 5.41 Å². The first kappa shape index (κ1) is 13.4. The van der Waals surface area contributed by atoms with E-state index < -0.39 is 0 Å². The molecule has 0 aromatic rings. The van der Waals surface area contributed by atoms with E-state index in [2.05, 4.69) is 25.6 Å². The number of nitrogens with two attached hydrogens (primary N) is 1. The van der Waals surface area contributed by atoms with Gasteiger partial charge in [0.1, 0.15) is 0 Å². The first-order valence-corrected chi connectivity index (χ1v) is 5.58. The lowest BCUT2D eigenvalue weighted by atomic mass is 9.76. The van der Waals surface area contributed by atoms with Crippen LogP contribution in [0.3, 0.4) is 0 Å². The predicted molar refractivity (Wildman–Crippen MR) is 57.4 cm³/mol. The van der Waals surface area contributed by atoms with E-state index in [1.807, 2.05) is 0 Å². The van der Waals surface area contributed by atoms with Crippen molar-refractivity contribution in [2.45, 2.75) is 59.3 Å². The van der Waals surface area contributed by atoms with Crippen molar-refractivity contribution >= 4 is 5.97 Å². The topological polar surface area (TPSA) is 52.3 Å². The molecule has 0 radical (unpaired) electrons. The Bertz CT molecular complexity index is 152. The lowest BCUT2D eigenvalue weighted by Gasteiger charge is -2.29. The fourth-order valence-electron chi connectivity index (χ4n) is 2.24. The van der Waals surface area contributed by atoms with Crippen LogP contribution in [0.15, 0.2) is 0 Å². The highest BCUT2D eigenvalue weighted by Gasteiger charge is 2.37. The van der Waals surface area contributed by atoms with Crippen molar-refractivity contribution in [3.8, 4) is 0 Å². The third-order valence-corrected chi connectivity index (χ3v) is 2.73. The SMILES string of the molecule is CCCC(CCC)(CCC)C(=O)ON. The highest BCUT2D eigenvalue weighted by molar-refractivity contribution is 5.76. The van der Waals surface area contributed by atoms with E-state index in [1.54, 1.807) is 0 Å². The zero-order valence-electron chi connectivity index (χ0n) is 9.64. The molecule has 0 fully saturated rings. The lowest BCUT2D eigenvalue weighted by molar-refractivity contribution is -0.158. The molecule has 0 saturated carbocycles. The van der Waals surface area contributed by atoms with Gasteiger partial charge in [-0.2, -0.15) is 5.90 Å². The monoisotopic (exact) mass is 201 g/mol. The van der Waals surface area contributed by atoms with E-state index in [0.717, 1.165) is 38.5 Å². The van der Waals surface area contributed by atoms with Crippen molar-refractivity contribution in [1.82, 2.24) is 0 Å². The number of rotatable bonds is 7. The molecule has 0 spiro atoms. The van der Waals surface area contributed by atoms with E-state index in [1.165, 1.54) is 0 Å². The second-order valence-electron chi connectivity index (χ2n) is 3.94. The number of hydrogen-bond donors (Lipinski definition) is 1. The molecule has 0 amide bonds. The number of carbonyl (C=O) groups is 1. The van der Waals surface area contributed by atoms with Crippen molar-refractivity contribution in [3.63, 3.8) is 0 Å². The Labute approximate surface area is 87.0 Å². The summed E-state index contributed by atoms with van der Waals surface area (Å²) < 4.78 is 0. The molecule has 84 valence electrons. The van der Waals surface area contributed by atoms with Crippen LogP contribution in [-0.2, 0) is 9.63 Å². The third kappa shape index (κ3) is 3.29. The molecule has 0 bridgehead atoms. The van der Waals surface area contributed by atoms with Crippen LogP contribution in [-0.4, -0.2) is 5.97 Å². The van der Waals surface area contributed by atoms with Crippen molar-refractivity contribution in [3.05, 3.63) is 0 Å². The minimum absolute atomic E-state index is 0.233. The minimum atomic E-state index is -0.326. The highest BCUT2D eigenvalue weighted by atomic mass is 16.7. The van der Waals surface area contributed by atoms with Crippen molar-refractivity contribution in [1.29, 1.82) is 0 Å². The third-order valence-electron chi connectivity index (χ3n) is 2.73. The van der Waals surface area contributed by atoms with Crippen LogP contribution in [0.25, 0.3) is 0 Å². The van der Waals surface area contributed by atoms with Crippen molar-refractivity contribution < 1.29 is 9.63 Å². The van der Waals surface area contributed by atoms with E-state index >= 15 is 0 Å². The maximum atomic E-state index is 11.7. The van der Waals surface area contributed by atoms with Gasteiger partial charge < -0.3 is 4.84 Å². The summed E-state index contributed by atoms with van der Waals surface area (Å²) in [6.45, 7) is 6.26. The van der Waals surface area contributed by atoms with Gasteiger partial charge in [-0.1, -0.05) is 40.0 Å². The van der Waals surface area contributed by atoms with Gasteiger partial charge in [-0.25, -0.2) is 4.79 Å². The maximum absolute atomic E-state index is 11.7. The molecule has 0 aliphatic rings. The summed E-state index contributed by atoms with van der Waals surface area (Å²) >= 11 is 0. The van der Waals surface area contributed by atoms with Crippen LogP contribution >= 0.6 is 0 Å². The summed E-state index contributed by atoms with van der Waals surface area (Å²) in [6, 6.07) is 0. The average Bonchev–Trinajstić information content (AvgIpc) is 2.17. The van der Waals surface area contributed by atoms with Crippen LogP contribution in [0.5, 0.6) is 0 Å². The Balaban J connectivity index is 4.62. The highest BCUT2D eigenvalue weighted by Crippen LogP contribution is 2.35. The fourth-order valence-corrected chi connectivity index (χ4v) is 2.24. The van der Waals surface area contributed by atoms with E-state index in [0.29, 0.717) is 0 Å². The van der Waals surface area contributed by atoms with Crippen molar-refractivity contribution in [2.24, 2.45) is 11.3 Å². The molecule has 14 heavy (non-hydrogen) atoms. The predicted octanol–water partition coefficient (Wildman–Crippen LogP) is 2.79. The summed E-state index contributed by atoms with van der Waals surface area (Å²) in [6.07, 6.45) is 5.62. The molecule has 0 unspecified atom stereocenters. The van der Waals surface area contributed by atoms with Crippen LogP contribution in [0.1, 0.15) is 59.3 Å². The molecule has 0 aliphatic heterocycles. The summed E-state index contributed by atoms with van der Waals surface area (Å²) in [5.74, 6) is 4.77. The van der Waals surface area contributed by atoms with E-state index in [4.69, 9.17) is 5.90 Å². The molecule has 0 aromatic carbocycles. The largest absolute Gasteiger partial charge is 0.373 e. The van der Waals surface area contributed by atoms with Crippen LogP contribution < -0.4 is 5.90 Å². The Morgan fingerprint density at radius 3 is 1.64 bits per heavy atom. The van der Waals surface area contributed by atoms with Crippen molar-refractivity contribution in [2.75, 3.05) is 0 Å². The molecular formula is C11H23NO2. The van der Waals surface area contributed by atoms with Crippen LogP contribution in [0.2, 0.25) is 0 Å². The summed E-state index contributed by atoms with van der Waals surface area (Å²) in [5.41, 5.74) is -0.326. The van der Waals surface area contributed by atoms with Gasteiger partial charge >= 0.3 is 5.97 Å². The molecule has 0 rings (SSSR count). The van der Waals surface area contributed by atoms with Gasteiger partial charge in [0.25, 0.3) is 0 Å². The molecule has 0 atom stereocenters. The summed E-state index contributed by atoms with van der Waals surface area (Å²) in [4.78, 5) is 16.1. The molecule has 0 aromatic heterocycles. The molecule has 2 N–H and O–H groups in total. The second-order valence-corrected chi connectivity index (χ2v) is 3.94. The molecule has 0 saturated heterocycles. The molecule has 3 nitrogen and oxygen atoms in total. The molecular weight excluding hydrogens is 178 g/mol. The lowest BCUT2D eigenvalue weighted by Crippen LogP contribution is -2.34. The molecule has 0 heterocycles. The Morgan fingerprint density at radius 1 is 1.07 bits per heavy atom. The van der Waals surface area contributed by atoms with Gasteiger partial charge in [-0.15, -0.1) is 0 Å². The van der Waals surface area contributed by atoms with Gasteiger partial charge in [-0.3, -0.25) is 0 Å². The first-order chi connectivity index (χ1) is 6.66. The van der Waals surface area contributed by atoms with Gasteiger partial charge in [0.15, 0.2) is 0 Å². The minimum Gasteiger partial charge on any atom is -0.373 e. The van der Waals surface area contributed by atoms with Crippen LogP contribution in [0.4, 0.5) is 0 Å². The first-order valence-electron chi connectivity index (χ1n) is 5.58. The van der Waals surface area contributed by atoms with Gasteiger partial charge in [0.2, 0.25) is 0 Å². The molecule has 0 aliphatic carbocycles. The van der Waals surface area contributed by atoms with Gasteiger partial charge in [-0.05, 0) is 19.3 Å². The van der Waals surface area contributed by atoms with E-state index in [9.17, 15) is 4.79 Å². The van der Waals surface area contributed by atoms with Gasteiger partial charge in [0, 0.05) is 0 Å². The van der Waals surface area contributed by atoms with Gasteiger partial charge in [0.05, 0.1) is 5.41 Å². The second kappa shape index (κ2) is 6.82. The average molecular weight is 201 g/mol. The quantitative estimate of drug-likeness (QED) is 0.644. The van der Waals surface area contributed by atoms with E-state index in [-0.39, 0.29) is 11.4 Å².